The Kier molecular flexibility index (Phi) is 7.43. The number of carbonyl (C=O) groups excluding carboxylic acids is 3. The number of H-pyrrole nitrogens is 1. The average molecular weight is 421 g/mol. The number of nitrogens with one attached hydrogen (secondary N) is 2. The first-order chi connectivity index (χ1) is 13.7. The van der Waals surface area contributed by atoms with Gasteiger partial charge in [-0.2, -0.15) is 0 Å². The maximum absolute atomic E-state index is 13.0. The van der Waals surface area contributed by atoms with Crippen LogP contribution in [0.5, 0.6) is 0 Å². The first kappa shape index (κ1) is 22.9. The minimum Gasteiger partial charge on any atom is -0.358 e. The quantitative estimate of drug-likeness (QED) is 0.590. The highest BCUT2D eigenvalue weighted by Crippen LogP contribution is 2.30. The first-order valence-electron chi connectivity index (χ1n) is 9.81. The molecule has 158 valence electrons. The Hall–Kier alpha value is -2.38. The van der Waals surface area contributed by atoms with Crippen molar-refractivity contribution in [1.82, 2.24) is 20.1 Å². The van der Waals surface area contributed by atoms with E-state index in [1.807, 2.05) is 20.8 Å². The number of halogens is 1. The number of hydrogen-bond donors (Lipinski definition) is 2. The molecule has 0 radical (unpaired) electrons. The van der Waals surface area contributed by atoms with Gasteiger partial charge in [-0.05, 0) is 26.0 Å². The molecule has 1 aliphatic rings. The van der Waals surface area contributed by atoms with Crippen molar-refractivity contribution in [2.24, 2.45) is 0 Å². The topological polar surface area (TPSA) is 85.5 Å². The van der Waals surface area contributed by atoms with E-state index in [1.165, 1.54) is 19.0 Å². The number of Topliss-reactive ketones (excluding diaryl/α,β-unsaturated/α-hetero) is 1. The van der Waals surface area contributed by atoms with Crippen molar-refractivity contribution in [2.75, 3.05) is 33.7 Å². The third-order valence-electron chi connectivity index (χ3n) is 4.89. The predicted octanol–water partition coefficient (Wildman–Crippen LogP) is 2.86. The Balaban J connectivity index is 0.00000145. The smallest absolute Gasteiger partial charge is 0.294 e. The van der Waals surface area contributed by atoms with Crippen molar-refractivity contribution < 1.29 is 14.4 Å². The minimum absolute atomic E-state index is 0.0439. The molecule has 0 aliphatic carbocycles. The van der Waals surface area contributed by atoms with E-state index >= 15 is 0 Å². The molecule has 7 nitrogen and oxygen atoms in total. The van der Waals surface area contributed by atoms with E-state index < -0.39 is 11.7 Å². The molecule has 2 amide bonds. The Morgan fingerprint density at radius 1 is 1.21 bits per heavy atom. The average Bonchev–Trinajstić information content (AvgIpc) is 3.02. The number of fused-ring (bicyclic) bond motifs is 1. The highest BCUT2D eigenvalue weighted by molar-refractivity contribution is 6.45. The third kappa shape index (κ3) is 4.46. The van der Waals surface area contributed by atoms with E-state index in [4.69, 9.17) is 11.6 Å². The molecule has 1 aromatic heterocycles. The summed E-state index contributed by atoms with van der Waals surface area (Å²) in [5.74, 6) is -1.40. The number of amides is 2. The number of hydrogen-bond acceptors (Lipinski definition) is 4. The summed E-state index contributed by atoms with van der Waals surface area (Å²) >= 11 is 6.38. The molecule has 1 saturated heterocycles. The minimum atomic E-state index is -0.613. The summed E-state index contributed by atoms with van der Waals surface area (Å²) in [5, 5.41) is 4.09. The van der Waals surface area contributed by atoms with Crippen molar-refractivity contribution in [1.29, 1.82) is 0 Å². The van der Waals surface area contributed by atoms with Crippen molar-refractivity contribution in [3.8, 4) is 0 Å². The van der Waals surface area contributed by atoms with Crippen LogP contribution >= 0.6 is 11.6 Å². The molecule has 2 aromatic rings. The van der Waals surface area contributed by atoms with Crippen molar-refractivity contribution in [2.45, 2.75) is 33.7 Å². The monoisotopic (exact) mass is 420 g/mol. The lowest BCUT2D eigenvalue weighted by molar-refractivity contribution is -0.124. The number of likely N-dealkylation sites (N-methyl/N-ethyl adjacent to an activating group) is 1. The fraction of sp³-hybridized carbons (Fsp3) is 0.476. The first-order valence-corrected chi connectivity index (χ1v) is 10.2. The van der Waals surface area contributed by atoms with Gasteiger partial charge >= 0.3 is 0 Å². The number of aryl methyl sites for hydroxylation is 1. The second-order valence-corrected chi connectivity index (χ2v) is 7.49. The number of aromatic nitrogens is 1. The maximum atomic E-state index is 13.0. The third-order valence-corrected chi connectivity index (χ3v) is 5.21. The molecule has 0 saturated carbocycles. The Morgan fingerprint density at radius 2 is 1.86 bits per heavy atom. The van der Waals surface area contributed by atoms with Crippen LogP contribution in [0.4, 0.5) is 0 Å². The zero-order valence-electron chi connectivity index (χ0n) is 17.9. The van der Waals surface area contributed by atoms with E-state index in [1.54, 1.807) is 24.0 Å². The summed E-state index contributed by atoms with van der Waals surface area (Å²) in [6, 6.07) is 3.30. The van der Waals surface area contributed by atoms with Crippen LogP contribution in [0, 0.1) is 6.92 Å². The lowest BCUT2D eigenvalue weighted by Gasteiger charge is -2.34. The highest BCUT2D eigenvalue weighted by Gasteiger charge is 2.28. The number of rotatable bonds is 3. The van der Waals surface area contributed by atoms with Crippen LogP contribution in [-0.2, 0) is 4.79 Å². The molecule has 0 spiro atoms. The van der Waals surface area contributed by atoms with E-state index in [2.05, 4.69) is 10.3 Å². The van der Waals surface area contributed by atoms with Crippen LogP contribution in [0.3, 0.4) is 0 Å². The summed E-state index contributed by atoms with van der Waals surface area (Å²) in [6.45, 7) is 9.73. The van der Waals surface area contributed by atoms with Crippen LogP contribution in [0.25, 0.3) is 10.9 Å². The Bertz CT molecular complexity index is 936. The van der Waals surface area contributed by atoms with E-state index in [9.17, 15) is 14.4 Å². The normalized spacial score (nSPS) is 16.2. The van der Waals surface area contributed by atoms with Gasteiger partial charge in [0.1, 0.15) is 0 Å². The van der Waals surface area contributed by atoms with Gasteiger partial charge < -0.3 is 20.1 Å². The number of carbonyl (C=O) groups is 3. The van der Waals surface area contributed by atoms with Crippen LogP contribution in [0.15, 0.2) is 12.1 Å². The van der Waals surface area contributed by atoms with Gasteiger partial charge in [0.15, 0.2) is 0 Å². The van der Waals surface area contributed by atoms with Gasteiger partial charge in [-0.15, -0.1) is 0 Å². The van der Waals surface area contributed by atoms with Gasteiger partial charge in [0.05, 0.1) is 16.1 Å². The fourth-order valence-electron chi connectivity index (χ4n) is 3.41. The number of ketones is 1. The standard InChI is InChI=1S/C19H23ClN4O3.C2H6/c1-10-9-21-5-6-24(10)18(26)12-7-13-15(8-14(12)20)22-11(2)16(13)17(25)19(27)23(3)4;1-2/h7-8,10,21-22H,5-6,9H2,1-4H3;1-2H3. The summed E-state index contributed by atoms with van der Waals surface area (Å²) in [7, 11) is 3.06. The SMILES string of the molecule is CC.Cc1[nH]c2cc(Cl)c(C(=O)N3CCNCC3C)cc2c1C(=O)C(=O)N(C)C. The molecular formula is C21H29ClN4O3. The van der Waals surface area contributed by atoms with Gasteiger partial charge in [-0.25, -0.2) is 0 Å². The number of benzene rings is 1. The van der Waals surface area contributed by atoms with Crippen molar-refractivity contribution >= 4 is 40.1 Å². The summed E-state index contributed by atoms with van der Waals surface area (Å²) < 4.78 is 0. The second kappa shape index (κ2) is 9.41. The highest BCUT2D eigenvalue weighted by atomic mass is 35.5. The fourth-order valence-corrected chi connectivity index (χ4v) is 3.66. The summed E-state index contributed by atoms with van der Waals surface area (Å²) in [4.78, 5) is 44.0. The molecule has 29 heavy (non-hydrogen) atoms. The summed E-state index contributed by atoms with van der Waals surface area (Å²) in [6.07, 6.45) is 0. The molecule has 1 aliphatic heterocycles. The van der Waals surface area contributed by atoms with Crippen molar-refractivity contribution in [3.05, 3.63) is 34.0 Å². The molecule has 1 unspecified atom stereocenters. The van der Waals surface area contributed by atoms with E-state index in [-0.39, 0.29) is 17.5 Å². The number of aromatic amines is 1. The molecule has 0 bridgehead atoms. The molecule has 1 aromatic carbocycles. The Labute approximate surface area is 176 Å². The predicted molar refractivity (Wildman–Crippen MR) is 116 cm³/mol. The van der Waals surface area contributed by atoms with Gasteiger partial charge in [0, 0.05) is 56.4 Å². The zero-order valence-corrected chi connectivity index (χ0v) is 18.6. The van der Waals surface area contributed by atoms with Gasteiger partial charge in [-0.1, -0.05) is 25.4 Å². The maximum Gasteiger partial charge on any atom is 0.294 e. The largest absolute Gasteiger partial charge is 0.358 e. The number of nitrogens with zero attached hydrogens (tertiary/aromatic N) is 2. The molecule has 1 fully saturated rings. The molecule has 3 rings (SSSR count). The molecule has 2 N–H and O–H groups in total. The molecule has 1 atom stereocenters. The van der Waals surface area contributed by atoms with Gasteiger partial charge in [0.2, 0.25) is 0 Å². The Morgan fingerprint density at radius 3 is 2.45 bits per heavy atom. The lowest BCUT2D eigenvalue weighted by atomic mass is 10.0. The second-order valence-electron chi connectivity index (χ2n) is 7.08. The molecular weight excluding hydrogens is 392 g/mol. The number of piperazine rings is 1. The van der Waals surface area contributed by atoms with Crippen LogP contribution in [-0.4, -0.2) is 72.2 Å². The summed E-state index contributed by atoms with van der Waals surface area (Å²) in [5.41, 5.74) is 1.81. The molecule has 2 heterocycles. The zero-order chi connectivity index (χ0) is 21.9. The van der Waals surface area contributed by atoms with Crippen LogP contribution in [0.2, 0.25) is 5.02 Å². The lowest BCUT2D eigenvalue weighted by Crippen LogP contribution is -2.52. The van der Waals surface area contributed by atoms with Gasteiger partial charge in [0.25, 0.3) is 17.6 Å². The van der Waals surface area contributed by atoms with Crippen LogP contribution in [0.1, 0.15) is 47.2 Å². The van der Waals surface area contributed by atoms with E-state index in [0.717, 1.165) is 13.1 Å². The van der Waals surface area contributed by atoms with E-state index in [0.29, 0.717) is 33.7 Å². The van der Waals surface area contributed by atoms with Gasteiger partial charge in [-0.3, -0.25) is 14.4 Å². The molecule has 8 heteroatoms. The van der Waals surface area contributed by atoms with Crippen LogP contribution < -0.4 is 5.32 Å². The van der Waals surface area contributed by atoms with Crippen molar-refractivity contribution in [3.63, 3.8) is 0 Å².